The van der Waals surface area contributed by atoms with E-state index in [9.17, 15) is 4.79 Å². The van der Waals surface area contributed by atoms with E-state index >= 15 is 0 Å². The maximum atomic E-state index is 10.8. The Balaban J connectivity index is 1.63. The quantitative estimate of drug-likeness (QED) is 0.548. The molecule has 0 amide bonds. The number of thiophene rings is 1. The van der Waals surface area contributed by atoms with E-state index in [0.717, 1.165) is 16.1 Å². The predicted molar refractivity (Wildman–Crippen MR) is 90.0 cm³/mol. The van der Waals surface area contributed by atoms with Crippen molar-refractivity contribution in [2.75, 3.05) is 5.43 Å². The van der Waals surface area contributed by atoms with E-state index in [4.69, 9.17) is 5.11 Å². The van der Waals surface area contributed by atoms with E-state index in [2.05, 4.69) is 15.5 Å². The SMILES string of the molecule is O=C(O)c1ccc(/C=N\Nc2nc(-c3cccs3)cs2)cc1. The van der Waals surface area contributed by atoms with Crippen molar-refractivity contribution < 1.29 is 9.90 Å². The molecule has 110 valence electrons. The van der Waals surface area contributed by atoms with Crippen molar-refractivity contribution in [2.45, 2.75) is 0 Å². The third-order valence-corrected chi connectivity index (χ3v) is 4.45. The Bertz CT molecular complexity index is 793. The second-order valence-corrected chi connectivity index (χ2v) is 6.12. The Labute approximate surface area is 134 Å². The highest BCUT2D eigenvalue weighted by molar-refractivity contribution is 7.15. The van der Waals surface area contributed by atoms with E-state index in [0.29, 0.717) is 5.13 Å². The minimum absolute atomic E-state index is 0.255. The summed E-state index contributed by atoms with van der Waals surface area (Å²) < 4.78 is 0. The molecule has 0 aliphatic carbocycles. The average molecular weight is 329 g/mol. The van der Waals surface area contributed by atoms with Crippen molar-refractivity contribution in [1.29, 1.82) is 0 Å². The van der Waals surface area contributed by atoms with Gasteiger partial charge >= 0.3 is 5.97 Å². The fraction of sp³-hybridized carbons (Fsp3) is 0. The molecule has 0 radical (unpaired) electrons. The van der Waals surface area contributed by atoms with Crippen LogP contribution in [0.2, 0.25) is 0 Å². The van der Waals surface area contributed by atoms with Crippen LogP contribution < -0.4 is 5.43 Å². The number of hydrogen-bond acceptors (Lipinski definition) is 6. The van der Waals surface area contributed by atoms with Crippen LogP contribution in [-0.4, -0.2) is 22.3 Å². The number of aromatic nitrogens is 1. The summed E-state index contributed by atoms with van der Waals surface area (Å²) in [5, 5.41) is 17.6. The van der Waals surface area contributed by atoms with Gasteiger partial charge in [-0.15, -0.1) is 22.7 Å². The van der Waals surface area contributed by atoms with Gasteiger partial charge in [-0.25, -0.2) is 9.78 Å². The molecule has 3 rings (SSSR count). The summed E-state index contributed by atoms with van der Waals surface area (Å²) in [5.74, 6) is -0.939. The first-order chi connectivity index (χ1) is 10.7. The molecule has 0 aliphatic rings. The van der Waals surface area contributed by atoms with Crippen molar-refractivity contribution in [3.8, 4) is 10.6 Å². The molecule has 0 fully saturated rings. The fourth-order valence-corrected chi connectivity index (χ4v) is 3.16. The molecule has 0 atom stereocenters. The third kappa shape index (κ3) is 3.38. The van der Waals surface area contributed by atoms with Crippen LogP contribution in [0.25, 0.3) is 10.6 Å². The Morgan fingerprint density at radius 1 is 1.23 bits per heavy atom. The van der Waals surface area contributed by atoms with Crippen LogP contribution >= 0.6 is 22.7 Å². The first-order valence-electron chi connectivity index (χ1n) is 6.34. The summed E-state index contributed by atoms with van der Waals surface area (Å²) in [5.41, 5.74) is 4.88. The second kappa shape index (κ2) is 6.50. The Kier molecular flexibility index (Phi) is 4.27. The lowest BCUT2D eigenvalue weighted by Crippen LogP contribution is -1.96. The zero-order valence-electron chi connectivity index (χ0n) is 11.3. The molecule has 22 heavy (non-hydrogen) atoms. The summed E-state index contributed by atoms with van der Waals surface area (Å²) in [4.78, 5) is 16.3. The van der Waals surface area contributed by atoms with Crippen LogP contribution in [0.1, 0.15) is 15.9 Å². The van der Waals surface area contributed by atoms with E-state index in [-0.39, 0.29) is 5.56 Å². The highest BCUT2D eigenvalue weighted by Crippen LogP contribution is 2.28. The summed E-state index contributed by atoms with van der Waals surface area (Å²) >= 11 is 3.13. The van der Waals surface area contributed by atoms with E-state index in [1.165, 1.54) is 11.3 Å². The van der Waals surface area contributed by atoms with Crippen LogP contribution in [-0.2, 0) is 0 Å². The molecule has 0 saturated carbocycles. The standard InChI is InChI=1S/C15H11N3O2S2/c19-14(20)11-5-3-10(4-6-11)8-16-18-15-17-12(9-22-15)13-2-1-7-21-13/h1-9H,(H,17,18)(H,19,20)/b16-8-. The third-order valence-electron chi connectivity index (χ3n) is 2.81. The average Bonchev–Trinajstić information content (AvgIpc) is 3.19. The lowest BCUT2D eigenvalue weighted by Gasteiger charge is -1.96. The topological polar surface area (TPSA) is 74.6 Å². The van der Waals surface area contributed by atoms with Crippen LogP contribution in [0.15, 0.2) is 52.3 Å². The van der Waals surface area contributed by atoms with Crippen LogP contribution in [0.5, 0.6) is 0 Å². The first-order valence-corrected chi connectivity index (χ1v) is 8.10. The number of carbonyl (C=O) groups is 1. The normalized spacial score (nSPS) is 10.9. The number of carboxylic acid groups (broad SMARTS) is 1. The number of thiazole rings is 1. The van der Waals surface area contributed by atoms with Gasteiger partial charge in [0.2, 0.25) is 5.13 Å². The van der Waals surface area contributed by atoms with Gasteiger partial charge in [-0.3, -0.25) is 5.43 Å². The van der Waals surface area contributed by atoms with Gasteiger partial charge in [0.15, 0.2) is 0 Å². The van der Waals surface area contributed by atoms with Gasteiger partial charge in [-0.2, -0.15) is 5.10 Å². The van der Waals surface area contributed by atoms with Crippen LogP contribution in [0.3, 0.4) is 0 Å². The van der Waals surface area contributed by atoms with Gasteiger partial charge in [0.05, 0.1) is 22.3 Å². The number of anilines is 1. The number of carboxylic acids is 1. The molecule has 0 aliphatic heterocycles. The predicted octanol–water partition coefficient (Wildman–Crippen LogP) is 4.02. The largest absolute Gasteiger partial charge is 0.478 e. The van der Waals surface area contributed by atoms with E-state index in [1.54, 1.807) is 41.8 Å². The molecule has 7 heteroatoms. The van der Waals surface area contributed by atoms with Crippen molar-refractivity contribution in [1.82, 2.24) is 4.98 Å². The minimum atomic E-state index is -0.939. The molecule has 2 N–H and O–H groups in total. The molecule has 0 unspecified atom stereocenters. The lowest BCUT2D eigenvalue weighted by molar-refractivity contribution is 0.0697. The monoisotopic (exact) mass is 329 g/mol. The molecular formula is C15H11N3O2S2. The second-order valence-electron chi connectivity index (χ2n) is 4.31. The molecule has 2 aromatic heterocycles. The molecular weight excluding hydrogens is 318 g/mol. The Morgan fingerprint density at radius 3 is 2.73 bits per heavy atom. The molecule has 2 heterocycles. The minimum Gasteiger partial charge on any atom is -0.478 e. The smallest absolute Gasteiger partial charge is 0.335 e. The Morgan fingerprint density at radius 2 is 2.05 bits per heavy atom. The molecule has 1 aromatic carbocycles. The van der Waals surface area contributed by atoms with Crippen molar-refractivity contribution in [3.63, 3.8) is 0 Å². The first kappa shape index (κ1) is 14.4. The summed E-state index contributed by atoms with van der Waals surface area (Å²) in [7, 11) is 0. The highest BCUT2D eigenvalue weighted by Gasteiger charge is 2.04. The van der Waals surface area contributed by atoms with Crippen molar-refractivity contribution >= 4 is 40.0 Å². The van der Waals surface area contributed by atoms with Gasteiger partial charge in [-0.05, 0) is 29.1 Å². The number of benzene rings is 1. The number of nitrogens with one attached hydrogen (secondary N) is 1. The lowest BCUT2D eigenvalue weighted by atomic mass is 10.1. The molecule has 0 spiro atoms. The number of hydrogen-bond donors (Lipinski definition) is 2. The fourth-order valence-electron chi connectivity index (χ4n) is 1.74. The highest BCUT2D eigenvalue weighted by atomic mass is 32.1. The van der Waals surface area contributed by atoms with Gasteiger partial charge in [-0.1, -0.05) is 18.2 Å². The summed E-state index contributed by atoms with van der Waals surface area (Å²) in [6.07, 6.45) is 1.62. The van der Waals surface area contributed by atoms with Crippen LogP contribution in [0, 0.1) is 0 Å². The van der Waals surface area contributed by atoms with Gasteiger partial charge in [0.1, 0.15) is 0 Å². The van der Waals surface area contributed by atoms with Gasteiger partial charge in [0.25, 0.3) is 0 Å². The number of hydrazone groups is 1. The molecule has 3 aromatic rings. The number of rotatable bonds is 5. The zero-order chi connectivity index (χ0) is 15.4. The maximum Gasteiger partial charge on any atom is 0.335 e. The molecule has 0 bridgehead atoms. The van der Waals surface area contributed by atoms with Crippen LogP contribution in [0.4, 0.5) is 5.13 Å². The maximum absolute atomic E-state index is 10.8. The zero-order valence-corrected chi connectivity index (χ0v) is 12.9. The molecule has 5 nitrogen and oxygen atoms in total. The van der Waals surface area contributed by atoms with E-state index in [1.807, 2.05) is 22.9 Å². The van der Waals surface area contributed by atoms with Crippen molar-refractivity contribution in [3.05, 3.63) is 58.3 Å². The Hall–Kier alpha value is -2.51. The summed E-state index contributed by atoms with van der Waals surface area (Å²) in [6.45, 7) is 0. The number of aromatic carboxylic acids is 1. The van der Waals surface area contributed by atoms with Crippen molar-refractivity contribution in [2.24, 2.45) is 5.10 Å². The molecule has 0 saturated heterocycles. The van der Waals surface area contributed by atoms with Gasteiger partial charge in [0, 0.05) is 5.38 Å². The van der Waals surface area contributed by atoms with Gasteiger partial charge < -0.3 is 5.11 Å². The summed E-state index contributed by atoms with van der Waals surface area (Å²) in [6, 6.07) is 10.5. The number of nitrogens with zero attached hydrogens (tertiary/aromatic N) is 2. The van der Waals surface area contributed by atoms with E-state index < -0.39 is 5.97 Å².